The molecule has 0 bridgehead atoms. The van der Waals surface area contributed by atoms with Gasteiger partial charge in [0.15, 0.2) is 0 Å². The van der Waals surface area contributed by atoms with Crippen molar-refractivity contribution in [3.05, 3.63) is 63.6 Å². The summed E-state index contributed by atoms with van der Waals surface area (Å²) >= 11 is 12.3. The van der Waals surface area contributed by atoms with Crippen molar-refractivity contribution in [1.82, 2.24) is 4.90 Å². The van der Waals surface area contributed by atoms with E-state index in [2.05, 4.69) is 11.0 Å². The van der Waals surface area contributed by atoms with Crippen molar-refractivity contribution in [2.45, 2.75) is 19.1 Å². The number of ether oxygens (including phenoxy) is 2. The summed E-state index contributed by atoms with van der Waals surface area (Å²) in [6.07, 6.45) is 0.568. The first-order valence-corrected chi connectivity index (χ1v) is 9.29. The monoisotopic (exact) mass is 390 g/mol. The number of rotatable bonds is 6. The van der Waals surface area contributed by atoms with Crippen molar-refractivity contribution >= 4 is 23.2 Å². The average molecular weight is 391 g/mol. The average Bonchev–Trinajstić information content (AvgIpc) is 2.67. The fourth-order valence-corrected chi connectivity index (χ4v) is 3.43. The minimum absolute atomic E-state index is 0.0227. The van der Waals surface area contributed by atoms with Gasteiger partial charge in [-0.2, -0.15) is 5.26 Å². The molecule has 2 aromatic carbocycles. The van der Waals surface area contributed by atoms with Gasteiger partial charge in [-0.1, -0.05) is 41.4 Å². The Hall–Kier alpha value is -1.77. The zero-order valence-corrected chi connectivity index (χ0v) is 15.8. The Morgan fingerprint density at radius 3 is 2.58 bits per heavy atom. The van der Waals surface area contributed by atoms with Crippen LogP contribution in [-0.4, -0.2) is 31.1 Å². The van der Waals surface area contributed by atoms with Crippen LogP contribution in [0.5, 0.6) is 5.75 Å². The summed E-state index contributed by atoms with van der Waals surface area (Å²) in [5.74, 6) is 0.752. The van der Waals surface area contributed by atoms with E-state index < -0.39 is 0 Å². The van der Waals surface area contributed by atoms with Gasteiger partial charge in [-0.25, -0.2) is 0 Å². The second kappa shape index (κ2) is 9.25. The van der Waals surface area contributed by atoms with Crippen LogP contribution in [0.2, 0.25) is 10.0 Å². The van der Waals surface area contributed by atoms with E-state index in [1.807, 2.05) is 30.3 Å². The molecule has 1 fully saturated rings. The van der Waals surface area contributed by atoms with Crippen molar-refractivity contribution in [3.63, 3.8) is 0 Å². The van der Waals surface area contributed by atoms with Crippen LogP contribution in [0.25, 0.3) is 0 Å². The highest BCUT2D eigenvalue weighted by Gasteiger charge is 2.21. The van der Waals surface area contributed by atoms with Gasteiger partial charge in [0.2, 0.25) is 0 Å². The molecule has 0 radical (unpaired) electrons. The summed E-state index contributed by atoms with van der Waals surface area (Å²) < 4.78 is 11.7. The van der Waals surface area contributed by atoms with Crippen molar-refractivity contribution in [2.75, 3.05) is 26.2 Å². The second-order valence-electron chi connectivity index (χ2n) is 6.13. The fourth-order valence-electron chi connectivity index (χ4n) is 2.92. The molecule has 0 N–H and O–H groups in total. The molecule has 4 nitrogen and oxygen atoms in total. The summed E-state index contributed by atoms with van der Waals surface area (Å²) in [7, 11) is 0. The molecule has 0 unspecified atom stereocenters. The van der Waals surface area contributed by atoms with Gasteiger partial charge in [0, 0.05) is 41.7 Å². The van der Waals surface area contributed by atoms with E-state index in [0.29, 0.717) is 29.7 Å². The summed E-state index contributed by atoms with van der Waals surface area (Å²) in [5.41, 5.74) is 1.89. The van der Waals surface area contributed by atoms with Gasteiger partial charge in [-0.3, -0.25) is 4.90 Å². The van der Waals surface area contributed by atoms with Crippen LogP contribution >= 0.6 is 23.2 Å². The summed E-state index contributed by atoms with van der Waals surface area (Å²) in [6.45, 7) is 3.46. The van der Waals surface area contributed by atoms with Crippen molar-refractivity contribution < 1.29 is 9.47 Å². The summed E-state index contributed by atoms with van der Waals surface area (Å²) in [6, 6.07) is 15.5. The standard InChI is InChI=1S/C20H20Cl2N2O2/c21-18-3-1-4-19(22)17(18)14-26-16-7-5-15(6-8-16)20-13-24(10-2-9-23)11-12-25-20/h1,3-8,20H,2,10-14H2/t20-/m1/s1. The molecule has 6 heteroatoms. The number of benzene rings is 2. The fraction of sp³-hybridized carbons (Fsp3) is 0.350. The Bertz CT molecular complexity index is 754. The third-order valence-electron chi connectivity index (χ3n) is 4.39. The van der Waals surface area contributed by atoms with Crippen LogP contribution in [0.3, 0.4) is 0 Å². The van der Waals surface area contributed by atoms with Crippen LogP contribution in [-0.2, 0) is 11.3 Å². The lowest BCUT2D eigenvalue weighted by Crippen LogP contribution is -2.38. The van der Waals surface area contributed by atoms with Crippen LogP contribution < -0.4 is 4.74 Å². The highest BCUT2D eigenvalue weighted by atomic mass is 35.5. The first kappa shape index (κ1) is 19.0. The third-order valence-corrected chi connectivity index (χ3v) is 5.10. The molecule has 0 aliphatic carbocycles. The normalized spacial score (nSPS) is 17.7. The van der Waals surface area contributed by atoms with Gasteiger partial charge < -0.3 is 9.47 Å². The molecule has 0 aromatic heterocycles. The van der Waals surface area contributed by atoms with Gasteiger partial charge in [0.05, 0.1) is 18.8 Å². The quantitative estimate of drug-likeness (QED) is 0.706. The van der Waals surface area contributed by atoms with E-state index in [9.17, 15) is 0 Å². The van der Waals surface area contributed by atoms with Crippen LogP contribution in [0.15, 0.2) is 42.5 Å². The van der Waals surface area contributed by atoms with Crippen molar-refractivity contribution in [3.8, 4) is 11.8 Å². The largest absolute Gasteiger partial charge is 0.489 e. The van der Waals surface area contributed by atoms with E-state index in [1.165, 1.54) is 0 Å². The number of halogens is 2. The maximum absolute atomic E-state index is 8.74. The first-order chi connectivity index (χ1) is 12.7. The maximum atomic E-state index is 8.74. The van der Waals surface area contributed by atoms with Gasteiger partial charge in [0.1, 0.15) is 12.4 Å². The molecule has 1 atom stereocenters. The number of hydrogen-bond acceptors (Lipinski definition) is 4. The topological polar surface area (TPSA) is 45.5 Å². The molecule has 1 heterocycles. The molecule has 26 heavy (non-hydrogen) atoms. The summed E-state index contributed by atoms with van der Waals surface area (Å²) in [4.78, 5) is 2.27. The molecule has 0 amide bonds. The van der Waals surface area contributed by atoms with Crippen molar-refractivity contribution in [2.24, 2.45) is 0 Å². The molecule has 1 aliphatic heterocycles. The zero-order valence-electron chi connectivity index (χ0n) is 14.3. The first-order valence-electron chi connectivity index (χ1n) is 8.54. The third kappa shape index (κ3) is 4.90. The number of nitriles is 1. The Morgan fingerprint density at radius 1 is 1.15 bits per heavy atom. The minimum Gasteiger partial charge on any atom is -0.489 e. The van der Waals surface area contributed by atoms with Crippen molar-refractivity contribution in [1.29, 1.82) is 5.26 Å². The van der Waals surface area contributed by atoms with E-state index in [0.717, 1.165) is 36.5 Å². The number of morpholine rings is 1. The predicted molar refractivity (Wildman–Crippen MR) is 103 cm³/mol. The molecule has 0 saturated carbocycles. The highest BCUT2D eigenvalue weighted by molar-refractivity contribution is 6.35. The lowest BCUT2D eigenvalue weighted by atomic mass is 10.1. The van der Waals surface area contributed by atoms with Gasteiger partial charge in [0.25, 0.3) is 0 Å². The Morgan fingerprint density at radius 2 is 1.88 bits per heavy atom. The molecule has 2 aromatic rings. The maximum Gasteiger partial charge on any atom is 0.119 e. The number of nitrogens with zero attached hydrogens (tertiary/aromatic N) is 2. The highest BCUT2D eigenvalue weighted by Crippen LogP contribution is 2.27. The Labute approximate surface area is 163 Å². The molecular formula is C20H20Cl2N2O2. The molecule has 1 saturated heterocycles. The van der Waals surface area contributed by atoms with E-state index in [1.54, 1.807) is 12.1 Å². The lowest BCUT2D eigenvalue weighted by molar-refractivity contribution is -0.0292. The Balaban J connectivity index is 1.59. The molecule has 0 spiro atoms. The van der Waals surface area contributed by atoms with Crippen LogP contribution in [0.4, 0.5) is 0 Å². The Kier molecular flexibility index (Phi) is 6.76. The minimum atomic E-state index is 0.0227. The molecular weight excluding hydrogens is 371 g/mol. The predicted octanol–water partition coefficient (Wildman–Crippen LogP) is 4.86. The van der Waals surface area contributed by atoms with E-state index in [-0.39, 0.29) is 6.10 Å². The lowest BCUT2D eigenvalue weighted by Gasteiger charge is -2.32. The molecule has 1 aliphatic rings. The van der Waals surface area contributed by atoms with Gasteiger partial charge in [-0.05, 0) is 29.8 Å². The van der Waals surface area contributed by atoms with Crippen LogP contribution in [0, 0.1) is 11.3 Å². The molecule has 3 rings (SSSR count). The van der Waals surface area contributed by atoms with Crippen LogP contribution in [0.1, 0.15) is 23.7 Å². The molecule has 136 valence electrons. The van der Waals surface area contributed by atoms with E-state index in [4.69, 9.17) is 37.9 Å². The smallest absolute Gasteiger partial charge is 0.119 e. The zero-order chi connectivity index (χ0) is 18.4. The van der Waals surface area contributed by atoms with Gasteiger partial charge in [-0.15, -0.1) is 0 Å². The SMILES string of the molecule is N#CCCN1CCO[C@@H](c2ccc(OCc3c(Cl)cccc3Cl)cc2)C1. The number of hydrogen-bond donors (Lipinski definition) is 0. The summed E-state index contributed by atoms with van der Waals surface area (Å²) in [5, 5.41) is 9.94. The van der Waals surface area contributed by atoms with Gasteiger partial charge >= 0.3 is 0 Å². The second-order valence-corrected chi connectivity index (χ2v) is 6.94. The van der Waals surface area contributed by atoms with E-state index >= 15 is 0 Å².